The van der Waals surface area contributed by atoms with Crippen molar-refractivity contribution >= 4 is 17.5 Å². The highest BCUT2D eigenvalue weighted by molar-refractivity contribution is 5.97. The van der Waals surface area contributed by atoms with Crippen LogP contribution in [0.4, 0.5) is 5.69 Å². The Labute approximate surface area is 143 Å². The Hall–Kier alpha value is -1.88. The molecule has 0 bridgehead atoms. The highest BCUT2D eigenvalue weighted by Gasteiger charge is 2.39. The van der Waals surface area contributed by atoms with Gasteiger partial charge in [-0.15, -0.1) is 0 Å². The lowest BCUT2D eigenvalue weighted by Crippen LogP contribution is -2.53. The van der Waals surface area contributed by atoms with Crippen molar-refractivity contribution in [2.45, 2.75) is 39.7 Å². The minimum atomic E-state index is -0.0667. The van der Waals surface area contributed by atoms with Gasteiger partial charge in [-0.1, -0.05) is 20.8 Å². The summed E-state index contributed by atoms with van der Waals surface area (Å²) >= 11 is 0. The van der Waals surface area contributed by atoms with Gasteiger partial charge in [0.2, 0.25) is 5.91 Å². The summed E-state index contributed by atoms with van der Waals surface area (Å²) in [5, 5.41) is 2.92. The number of nitrogens with two attached hydrogens (primary N) is 1. The first-order chi connectivity index (χ1) is 11.3. The topological polar surface area (TPSA) is 75.4 Å². The molecule has 3 unspecified atom stereocenters. The molecule has 5 heteroatoms. The van der Waals surface area contributed by atoms with Crippen LogP contribution in [0.1, 0.15) is 44.0 Å². The van der Waals surface area contributed by atoms with Crippen molar-refractivity contribution in [3.8, 4) is 0 Å². The van der Waals surface area contributed by atoms with E-state index in [0.29, 0.717) is 24.6 Å². The number of carbonyl (C=O) groups excluding carboxylic acids is 2. The third kappa shape index (κ3) is 3.46. The number of rotatable bonds is 3. The Morgan fingerprint density at radius 3 is 2.42 bits per heavy atom. The molecule has 3 N–H and O–H groups in total. The molecule has 1 aliphatic heterocycles. The number of likely N-dealkylation sites (tertiary alicyclic amines) is 1. The largest absolute Gasteiger partial charge is 0.338 e. The third-order valence-corrected chi connectivity index (χ3v) is 5.45. The van der Waals surface area contributed by atoms with Crippen LogP contribution in [0.25, 0.3) is 0 Å². The van der Waals surface area contributed by atoms with Crippen LogP contribution in [0.3, 0.4) is 0 Å². The molecule has 1 aliphatic carbocycles. The maximum Gasteiger partial charge on any atom is 0.253 e. The van der Waals surface area contributed by atoms with Crippen molar-refractivity contribution < 1.29 is 9.59 Å². The fourth-order valence-electron chi connectivity index (χ4n) is 3.35. The van der Waals surface area contributed by atoms with Gasteiger partial charge in [0.15, 0.2) is 0 Å². The smallest absolute Gasteiger partial charge is 0.253 e. The van der Waals surface area contributed by atoms with E-state index in [4.69, 9.17) is 5.73 Å². The number of piperidine rings is 1. The molecule has 1 aromatic carbocycles. The Balaban J connectivity index is 1.62. The molecule has 2 aliphatic rings. The van der Waals surface area contributed by atoms with E-state index in [9.17, 15) is 9.59 Å². The van der Waals surface area contributed by atoms with E-state index in [0.717, 1.165) is 18.5 Å². The molecule has 1 saturated heterocycles. The third-order valence-electron chi connectivity index (χ3n) is 5.45. The Kier molecular flexibility index (Phi) is 4.38. The van der Waals surface area contributed by atoms with Gasteiger partial charge in [-0.05, 0) is 48.4 Å². The maximum atomic E-state index is 12.7. The van der Waals surface area contributed by atoms with E-state index < -0.39 is 0 Å². The van der Waals surface area contributed by atoms with Gasteiger partial charge in [-0.3, -0.25) is 9.59 Å². The number of carbonyl (C=O) groups is 2. The SMILES string of the molecule is CC1CC1C(=O)Nc1ccc(C(=O)N2CCC(N)C(C)(C)C2)cc1. The van der Waals surface area contributed by atoms with Gasteiger partial charge < -0.3 is 16.0 Å². The molecular formula is C19H27N3O2. The summed E-state index contributed by atoms with van der Waals surface area (Å²) in [7, 11) is 0. The monoisotopic (exact) mass is 329 g/mol. The van der Waals surface area contributed by atoms with Gasteiger partial charge in [0, 0.05) is 36.3 Å². The molecule has 3 atom stereocenters. The number of benzene rings is 1. The van der Waals surface area contributed by atoms with E-state index in [1.165, 1.54) is 0 Å². The summed E-state index contributed by atoms with van der Waals surface area (Å²) in [6.07, 6.45) is 1.79. The number of nitrogens with zero attached hydrogens (tertiary/aromatic N) is 1. The van der Waals surface area contributed by atoms with Crippen molar-refractivity contribution in [1.29, 1.82) is 0 Å². The van der Waals surface area contributed by atoms with Gasteiger partial charge in [0.25, 0.3) is 5.91 Å². The van der Waals surface area contributed by atoms with Crippen LogP contribution in [0, 0.1) is 17.3 Å². The summed E-state index contributed by atoms with van der Waals surface area (Å²) in [5.74, 6) is 0.739. The van der Waals surface area contributed by atoms with Crippen molar-refractivity contribution in [1.82, 2.24) is 4.90 Å². The van der Waals surface area contributed by atoms with Crippen LogP contribution in [-0.4, -0.2) is 35.8 Å². The van der Waals surface area contributed by atoms with Gasteiger partial charge in [0.05, 0.1) is 0 Å². The zero-order valence-electron chi connectivity index (χ0n) is 14.7. The maximum absolute atomic E-state index is 12.7. The highest BCUT2D eigenvalue weighted by atomic mass is 16.2. The first kappa shape index (κ1) is 17.0. The first-order valence-electron chi connectivity index (χ1n) is 8.74. The molecule has 0 radical (unpaired) electrons. The van der Waals surface area contributed by atoms with Crippen molar-refractivity contribution in [2.24, 2.45) is 23.0 Å². The summed E-state index contributed by atoms with van der Waals surface area (Å²) in [6.45, 7) is 7.66. The van der Waals surface area contributed by atoms with Gasteiger partial charge in [0.1, 0.15) is 0 Å². The zero-order chi connectivity index (χ0) is 17.5. The average Bonchev–Trinajstić information content (AvgIpc) is 3.27. The fourth-order valence-corrected chi connectivity index (χ4v) is 3.35. The second kappa shape index (κ2) is 6.20. The number of amides is 2. The standard InChI is InChI=1S/C19H27N3O2/c1-12-10-15(12)17(23)21-14-6-4-13(5-7-14)18(24)22-9-8-16(20)19(2,3)11-22/h4-7,12,15-16H,8-11,20H2,1-3H3,(H,21,23). The molecule has 0 spiro atoms. The normalized spacial score (nSPS) is 28.3. The molecule has 0 aromatic heterocycles. The second-order valence-corrected chi connectivity index (χ2v) is 8.00. The van der Waals surface area contributed by atoms with Crippen LogP contribution in [0.2, 0.25) is 0 Å². The quantitative estimate of drug-likeness (QED) is 0.894. The van der Waals surface area contributed by atoms with Crippen LogP contribution in [0.5, 0.6) is 0 Å². The summed E-state index contributed by atoms with van der Waals surface area (Å²) in [4.78, 5) is 26.5. The Morgan fingerprint density at radius 2 is 1.88 bits per heavy atom. The second-order valence-electron chi connectivity index (χ2n) is 8.00. The molecule has 5 nitrogen and oxygen atoms in total. The van der Waals surface area contributed by atoms with Crippen LogP contribution >= 0.6 is 0 Å². The predicted octanol–water partition coefficient (Wildman–Crippen LogP) is 2.48. The molecular weight excluding hydrogens is 302 g/mol. The van der Waals surface area contributed by atoms with Crippen molar-refractivity contribution in [2.75, 3.05) is 18.4 Å². The molecule has 130 valence electrons. The van der Waals surface area contributed by atoms with Crippen LogP contribution in [0.15, 0.2) is 24.3 Å². The summed E-state index contributed by atoms with van der Waals surface area (Å²) in [5.41, 5.74) is 7.47. The lowest BCUT2D eigenvalue weighted by Gasteiger charge is -2.42. The fraction of sp³-hybridized carbons (Fsp3) is 0.579. The van der Waals surface area contributed by atoms with Crippen LogP contribution in [-0.2, 0) is 4.79 Å². The molecule has 2 fully saturated rings. The molecule has 1 heterocycles. The molecule has 2 amide bonds. The van der Waals surface area contributed by atoms with E-state index in [1.54, 1.807) is 24.3 Å². The van der Waals surface area contributed by atoms with E-state index in [-0.39, 0.29) is 29.2 Å². The molecule has 1 saturated carbocycles. The van der Waals surface area contributed by atoms with Gasteiger partial charge >= 0.3 is 0 Å². The lowest BCUT2D eigenvalue weighted by molar-refractivity contribution is -0.117. The zero-order valence-corrected chi connectivity index (χ0v) is 14.7. The molecule has 3 rings (SSSR count). The number of hydrogen-bond acceptors (Lipinski definition) is 3. The van der Waals surface area contributed by atoms with Crippen LogP contribution < -0.4 is 11.1 Å². The molecule has 1 aromatic rings. The lowest BCUT2D eigenvalue weighted by atomic mass is 9.79. The number of nitrogens with one attached hydrogen (secondary N) is 1. The average molecular weight is 329 g/mol. The highest BCUT2D eigenvalue weighted by Crippen LogP contribution is 2.38. The van der Waals surface area contributed by atoms with E-state index in [2.05, 4.69) is 26.1 Å². The number of anilines is 1. The van der Waals surface area contributed by atoms with E-state index >= 15 is 0 Å². The summed E-state index contributed by atoms with van der Waals surface area (Å²) in [6, 6.07) is 7.31. The van der Waals surface area contributed by atoms with Gasteiger partial charge in [-0.2, -0.15) is 0 Å². The van der Waals surface area contributed by atoms with E-state index in [1.807, 2.05) is 4.90 Å². The van der Waals surface area contributed by atoms with Crippen molar-refractivity contribution in [3.05, 3.63) is 29.8 Å². The minimum Gasteiger partial charge on any atom is -0.338 e. The molecule has 24 heavy (non-hydrogen) atoms. The Morgan fingerprint density at radius 1 is 1.25 bits per heavy atom. The first-order valence-corrected chi connectivity index (χ1v) is 8.74. The minimum absolute atomic E-state index is 0.0312. The number of hydrogen-bond donors (Lipinski definition) is 2. The van der Waals surface area contributed by atoms with Gasteiger partial charge in [-0.25, -0.2) is 0 Å². The van der Waals surface area contributed by atoms with Crippen molar-refractivity contribution in [3.63, 3.8) is 0 Å². The Bertz CT molecular complexity index is 639. The summed E-state index contributed by atoms with van der Waals surface area (Å²) < 4.78 is 0. The predicted molar refractivity (Wildman–Crippen MR) is 94.6 cm³/mol.